The number of amides is 1. The van der Waals surface area contributed by atoms with Crippen molar-refractivity contribution < 1.29 is 20.1 Å². The molecule has 0 heterocycles. The summed E-state index contributed by atoms with van der Waals surface area (Å²) in [5.74, 6) is -0.464. The van der Waals surface area contributed by atoms with Crippen molar-refractivity contribution in [1.82, 2.24) is 5.32 Å². The van der Waals surface area contributed by atoms with Gasteiger partial charge in [-0.1, -0.05) is 258 Å². The highest BCUT2D eigenvalue weighted by atomic mass is 16.3. The maximum absolute atomic E-state index is 12.5. The van der Waals surface area contributed by atoms with Crippen molar-refractivity contribution in [2.75, 3.05) is 6.61 Å². The lowest BCUT2D eigenvalue weighted by Crippen LogP contribution is -2.49. The molecule has 0 saturated heterocycles. The first-order chi connectivity index (χ1) is 25.6. The molecular formula is C47H95NO4. The van der Waals surface area contributed by atoms with Crippen molar-refractivity contribution in [2.45, 2.75) is 289 Å². The van der Waals surface area contributed by atoms with Gasteiger partial charge in [-0.2, -0.15) is 0 Å². The highest BCUT2D eigenvalue weighted by molar-refractivity contribution is 5.80. The van der Waals surface area contributed by atoms with Crippen molar-refractivity contribution >= 4 is 5.91 Å². The van der Waals surface area contributed by atoms with Crippen molar-refractivity contribution in [3.05, 3.63) is 0 Å². The topological polar surface area (TPSA) is 89.8 Å². The third-order valence-corrected chi connectivity index (χ3v) is 11.5. The van der Waals surface area contributed by atoms with Crippen LogP contribution in [0, 0.1) is 0 Å². The number of aliphatic hydroxyl groups is 3. The first-order valence-corrected chi connectivity index (χ1v) is 23.8. The van der Waals surface area contributed by atoms with Gasteiger partial charge in [0.15, 0.2) is 0 Å². The molecule has 312 valence electrons. The summed E-state index contributed by atoms with van der Waals surface area (Å²) >= 11 is 0. The molecule has 0 rings (SSSR count). The molecule has 0 aromatic carbocycles. The Morgan fingerprint density at radius 2 is 0.615 bits per heavy atom. The molecule has 0 spiro atoms. The molecule has 4 N–H and O–H groups in total. The molecular weight excluding hydrogens is 643 g/mol. The molecule has 0 aromatic rings. The lowest BCUT2D eigenvalue weighted by atomic mass is 10.0. The Morgan fingerprint density at radius 3 is 0.865 bits per heavy atom. The summed E-state index contributed by atoms with van der Waals surface area (Å²) in [4.78, 5) is 12.5. The van der Waals surface area contributed by atoms with Crippen LogP contribution in [0.15, 0.2) is 0 Å². The fraction of sp³-hybridized carbons (Fsp3) is 0.979. The Hall–Kier alpha value is -0.650. The van der Waals surface area contributed by atoms with E-state index < -0.39 is 24.2 Å². The molecule has 0 fully saturated rings. The minimum Gasteiger partial charge on any atom is -0.394 e. The van der Waals surface area contributed by atoms with Gasteiger partial charge in [-0.25, -0.2) is 0 Å². The lowest BCUT2D eigenvalue weighted by molar-refractivity contribution is -0.131. The van der Waals surface area contributed by atoms with Gasteiger partial charge in [0.2, 0.25) is 5.91 Å². The minimum atomic E-state index is -1.07. The van der Waals surface area contributed by atoms with E-state index in [1.54, 1.807) is 0 Å². The summed E-state index contributed by atoms with van der Waals surface area (Å²) in [6.45, 7) is 4.26. The molecule has 0 bridgehead atoms. The van der Waals surface area contributed by atoms with Gasteiger partial charge in [-0.15, -0.1) is 0 Å². The molecule has 0 aliphatic carbocycles. The quantitative estimate of drug-likeness (QED) is 0.0469. The van der Waals surface area contributed by atoms with E-state index in [4.69, 9.17) is 0 Å². The summed E-state index contributed by atoms with van der Waals surface area (Å²) < 4.78 is 0. The molecule has 0 aliphatic heterocycles. The van der Waals surface area contributed by atoms with Crippen LogP contribution in [0.4, 0.5) is 0 Å². The Labute approximate surface area is 326 Å². The molecule has 0 aromatic heterocycles. The standard InChI is InChI=1S/C47H95NO4/c1-3-5-7-9-11-13-15-17-19-20-21-22-23-24-25-26-28-30-32-34-36-38-40-42-46(51)47(52)48-44(43-49)45(50)41-39-37-35-33-31-29-27-18-16-14-12-10-8-6-4-2/h44-46,49-51H,3-43H2,1-2H3,(H,48,52). The maximum atomic E-state index is 12.5. The predicted octanol–water partition coefficient (Wildman–Crippen LogP) is 13.8. The summed E-state index contributed by atoms with van der Waals surface area (Å²) in [5, 5.41) is 33.4. The van der Waals surface area contributed by atoms with E-state index in [-0.39, 0.29) is 6.61 Å². The van der Waals surface area contributed by atoms with Crippen LogP contribution in [-0.2, 0) is 4.79 Å². The van der Waals surface area contributed by atoms with Gasteiger partial charge in [0.25, 0.3) is 0 Å². The lowest BCUT2D eigenvalue weighted by Gasteiger charge is -2.23. The number of hydrogen-bond acceptors (Lipinski definition) is 4. The van der Waals surface area contributed by atoms with Gasteiger partial charge in [-0.05, 0) is 12.8 Å². The van der Waals surface area contributed by atoms with Crippen molar-refractivity contribution in [2.24, 2.45) is 0 Å². The van der Waals surface area contributed by atoms with Gasteiger partial charge in [0.05, 0.1) is 18.8 Å². The van der Waals surface area contributed by atoms with Crippen LogP contribution < -0.4 is 5.32 Å². The molecule has 1 amide bonds. The van der Waals surface area contributed by atoms with Crippen molar-refractivity contribution in [3.8, 4) is 0 Å². The summed E-state index contributed by atoms with van der Waals surface area (Å²) in [5.41, 5.74) is 0. The number of hydrogen-bond donors (Lipinski definition) is 4. The Kier molecular flexibility index (Phi) is 42.5. The van der Waals surface area contributed by atoms with Crippen LogP contribution in [0.1, 0.15) is 271 Å². The third-order valence-electron chi connectivity index (χ3n) is 11.5. The van der Waals surface area contributed by atoms with E-state index in [0.717, 1.165) is 32.1 Å². The van der Waals surface area contributed by atoms with Gasteiger partial charge >= 0.3 is 0 Å². The number of aliphatic hydroxyl groups excluding tert-OH is 3. The van der Waals surface area contributed by atoms with Crippen LogP contribution in [0.5, 0.6) is 0 Å². The fourth-order valence-electron chi connectivity index (χ4n) is 7.72. The zero-order valence-corrected chi connectivity index (χ0v) is 35.5. The van der Waals surface area contributed by atoms with Crippen LogP contribution in [0.3, 0.4) is 0 Å². The van der Waals surface area contributed by atoms with E-state index in [9.17, 15) is 20.1 Å². The van der Waals surface area contributed by atoms with Gasteiger partial charge in [0.1, 0.15) is 6.10 Å². The second-order valence-corrected chi connectivity index (χ2v) is 16.7. The maximum Gasteiger partial charge on any atom is 0.249 e. The first-order valence-electron chi connectivity index (χ1n) is 23.8. The summed E-state index contributed by atoms with van der Waals surface area (Å²) in [6, 6.07) is -0.705. The zero-order valence-electron chi connectivity index (χ0n) is 35.5. The van der Waals surface area contributed by atoms with Crippen LogP contribution in [0.25, 0.3) is 0 Å². The summed E-state index contributed by atoms with van der Waals surface area (Å²) in [6.07, 6.45) is 49.7. The number of unbranched alkanes of at least 4 members (excludes halogenated alkanes) is 36. The van der Waals surface area contributed by atoms with E-state index in [0.29, 0.717) is 12.8 Å². The molecule has 5 heteroatoms. The first kappa shape index (κ1) is 51.4. The molecule has 0 aliphatic rings. The molecule has 52 heavy (non-hydrogen) atoms. The Balaban J connectivity index is 3.53. The normalized spacial score (nSPS) is 13.4. The monoisotopic (exact) mass is 738 g/mol. The average molecular weight is 738 g/mol. The van der Waals surface area contributed by atoms with E-state index >= 15 is 0 Å². The minimum absolute atomic E-state index is 0.308. The number of carbonyl (C=O) groups excluding carboxylic acids is 1. The van der Waals surface area contributed by atoms with Gasteiger partial charge < -0.3 is 20.6 Å². The Bertz CT molecular complexity index is 688. The fourth-order valence-corrected chi connectivity index (χ4v) is 7.72. The van der Waals surface area contributed by atoms with Crippen LogP contribution in [-0.4, -0.2) is 46.1 Å². The predicted molar refractivity (Wildman–Crippen MR) is 227 cm³/mol. The highest BCUT2D eigenvalue weighted by Crippen LogP contribution is 2.17. The number of nitrogens with one attached hydrogen (secondary N) is 1. The Morgan fingerprint density at radius 1 is 0.385 bits per heavy atom. The van der Waals surface area contributed by atoms with E-state index in [2.05, 4.69) is 19.2 Å². The van der Waals surface area contributed by atoms with Crippen molar-refractivity contribution in [3.63, 3.8) is 0 Å². The van der Waals surface area contributed by atoms with Gasteiger partial charge in [0, 0.05) is 0 Å². The average Bonchev–Trinajstić information content (AvgIpc) is 3.15. The largest absolute Gasteiger partial charge is 0.394 e. The number of rotatable bonds is 44. The third kappa shape index (κ3) is 37.7. The van der Waals surface area contributed by atoms with E-state index in [1.165, 1.54) is 212 Å². The second kappa shape index (κ2) is 43.1. The van der Waals surface area contributed by atoms with Crippen molar-refractivity contribution in [1.29, 1.82) is 0 Å². The zero-order chi connectivity index (χ0) is 38.0. The molecule has 3 atom stereocenters. The molecule has 5 nitrogen and oxygen atoms in total. The molecule has 0 saturated carbocycles. The van der Waals surface area contributed by atoms with Crippen LogP contribution >= 0.6 is 0 Å². The summed E-state index contributed by atoms with van der Waals surface area (Å²) in [7, 11) is 0. The molecule has 3 unspecified atom stereocenters. The van der Waals surface area contributed by atoms with E-state index in [1.807, 2.05) is 0 Å². The molecule has 0 radical (unpaired) electrons. The smallest absolute Gasteiger partial charge is 0.249 e. The second-order valence-electron chi connectivity index (χ2n) is 16.7. The van der Waals surface area contributed by atoms with Gasteiger partial charge in [-0.3, -0.25) is 4.79 Å². The van der Waals surface area contributed by atoms with Crippen LogP contribution in [0.2, 0.25) is 0 Å². The SMILES string of the molecule is CCCCCCCCCCCCCCCCCCCCCCCCCC(O)C(=O)NC(CO)C(O)CCCCCCCCCCCCCCCCC. The number of carbonyl (C=O) groups is 1. The highest BCUT2D eigenvalue weighted by Gasteiger charge is 2.23.